The Bertz CT molecular complexity index is 261. The maximum Gasteiger partial charge on any atom is 0.223 e. The lowest BCUT2D eigenvalue weighted by Gasteiger charge is -2.35. The topological polar surface area (TPSA) is 78.6 Å². The Morgan fingerprint density at radius 3 is 2.56 bits per heavy atom. The van der Waals surface area contributed by atoms with Gasteiger partial charge in [0, 0.05) is 18.0 Å². The van der Waals surface area contributed by atoms with Crippen LogP contribution in [0.3, 0.4) is 0 Å². The van der Waals surface area contributed by atoms with Gasteiger partial charge < -0.3 is 21.1 Å². The largest absolute Gasteiger partial charge is 0.394 e. The maximum absolute atomic E-state index is 11.9. The number of amides is 1. The van der Waals surface area contributed by atoms with Gasteiger partial charge in [0.05, 0.1) is 6.61 Å². The van der Waals surface area contributed by atoms with E-state index in [1.165, 1.54) is 0 Å². The number of rotatable bonds is 6. The molecule has 0 spiro atoms. The van der Waals surface area contributed by atoms with Crippen LogP contribution in [0.1, 0.15) is 32.1 Å². The molecule has 0 radical (unpaired) electrons. The molecule has 1 aliphatic rings. The Morgan fingerprint density at radius 1 is 1.44 bits per heavy atom. The van der Waals surface area contributed by atoms with Gasteiger partial charge in [0.15, 0.2) is 0 Å². The van der Waals surface area contributed by atoms with Crippen LogP contribution in [0.15, 0.2) is 0 Å². The SMILES string of the molecule is CN(C)CCCNC(=O)C1CCC(N)(CO)CC1. The van der Waals surface area contributed by atoms with Crippen molar-refractivity contribution in [2.45, 2.75) is 37.6 Å². The van der Waals surface area contributed by atoms with Gasteiger partial charge in [-0.25, -0.2) is 0 Å². The zero-order valence-corrected chi connectivity index (χ0v) is 11.6. The molecule has 1 saturated carbocycles. The highest BCUT2D eigenvalue weighted by molar-refractivity contribution is 5.78. The van der Waals surface area contributed by atoms with E-state index in [4.69, 9.17) is 5.73 Å². The number of carbonyl (C=O) groups is 1. The van der Waals surface area contributed by atoms with Crippen LogP contribution in [0, 0.1) is 5.92 Å². The summed E-state index contributed by atoms with van der Waals surface area (Å²) in [6.07, 6.45) is 4.02. The second-order valence-corrected chi connectivity index (χ2v) is 5.74. The lowest BCUT2D eigenvalue weighted by molar-refractivity contribution is -0.126. The third-order valence-electron chi connectivity index (χ3n) is 3.75. The van der Waals surface area contributed by atoms with Crippen molar-refractivity contribution in [3.8, 4) is 0 Å². The lowest BCUT2D eigenvalue weighted by atomic mass is 9.77. The fraction of sp³-hybridized carbons (Fsp3) is 0.923. The Labute approximate surface area is 110 Å². The number of aliphatic hydroxyl groups excluding tert-OH is 1. The molecule has 0 atom stereocenters. The molecule has 0 saturated heterocycles. The summed E-state index contributed by atoms with van der Waals surface area (Å²) >= 11 is 0. The highest BCUT2D eigenvalue weighted by Gasteiger charge is 2.33. The Hall–Kier alpha value is -0.650. The van der Waals surface area contributed by atoms with Crippen molar-refractivity contribution in [3.63, 3.8) is 0 Å². The van der Waals surface area contributed by atoms with E-state index in [9.17, 15) is 9.90 Å². The Balaban J connectivity index is 2.20. The van der Waals surface area contributed by atoms with Gasteiger partial charge in [0.25, 0.3) is 0 Å². The van der Waals surface area contributed by atoms with Gasteiger partial charge >= 0.3 is 0 Å². The molecule has 1 amide bonds. The number of nitrogens with zero attached hydrogens (tertiary/aromatic N) is 1. The molecule has 1 rings (SSSR count). The summed E-state index contributed by atoms with van der Waals surface area (Å²) in [5.41, 5.74) is 5.53. The van der Waals surface area contributed by atoms with Crippen molar-refractivity contribution < 1.29 is 9.90 Å². The molecule has 0 aromatic carbocycles. The van der Waals surface area contributed by atoms with E-state index in [1.54, 1.807) is 0 Å². The molecular weight excluding hydrogens is 230 g/mol. The Kier molecular flexibility index (Phi) is 6.05. The molecule has 0 aromatic heterocycles. The minimum Gasteiger partial charge on any atom is -0.394 e. The molecule has 0 heterocycles. The molecule has 0 aliphatic heterocycles. The van der Waals surface area contributed by atoms with E-state index in [2.05, 4.69) is 10.2 Å². The second kappa shape index (κ2) is 7.07. The first-order valence-corrected chi connectivity index (χ1v) is 6.79. The molecule has 5 nitrogen and oxygen atoms in total. The van der Waals surface area contributed by atoms with E-state index >= 15 is 0 Å². The predicted octanol–water partition coefficient (Wildman–Crippen LogP) is -0.0657. The maximum atomic E-state index is 11.9. The average Bonchev–Trinajstić information content (AvgIpc) is 2.35. The average molecular weight is 257 g/mol. The van der Waals surface area contributed by atoms with Crippen LogP contribution < -0.4 is 11.1 Å². The van der Waals surface area contributed by atoms with Gasteiger partial charge in [-0.05, 0) is 52.7 Å². The molecule has 1 aliphatic carbocycles. The molecule has 0 bridgehead atoms. The number of aliphatic hydroxyl groups is 1. The highest BCUT2D eigenvalue weighted by atomic mass is 16.3. The van der Waals surface area contributed by atoms with Crippen LogP contribution in [0.4, 0.5) is 0 Å². The molecule has 5 heteroatoms. The van der Waals surface area contributed by atoms with Crippen molar-refractivity contribution in [1.29, 1.82) is 0 Å². The molecule has 18 heavy (non-hydrogen) atoms. The first-order valence-electron chi connectivity index (χ1n) is 6.79. The molecule has 106 valence electrons. The van der Waals surface area contributed by atoms with Gasteiger partial charge in [-0.1, -0.05) is 0 Å². The lowest BCUT2D eigenvalue weighted by Crippen LogP contribution is -2.48. The summed E-state index contributed by atoms with van der Waals surface area (Å²) < 4.78 is 0. The standard InChI is InChI=1S/C13H27N3O2/c1-16(2)9-3-8-15-12(18)11-4-6-13(14,10-17)7-5-11/h11,17H,3-10,14H2,1-2H3,(H,15,18). The summed E-state index contributed by atoms with van der Waals surface area (Å²) in [5, 5.41) is 12.2. The first-order chi connectivity index (χ1) is 8.47. The number of carbonyl (C=O) groups excluding carboxylic acids is 1. The Morgan fingerprint density at radius 2 is 2.06 bits per heavy atom. The predicted molar refractivity (Wildman–Crippen MR) is 72.1 cm³/mol. The van der Waals surface area contributed by atoms with Crippen molar-refractivity contribution in [3.05, 3.63) is 0 Å². The van der Waals surface area contributed by atoms with Crippen LogP contribution in [-0.2, 0) is 4.79 Å². The van der Waals surface area contributed by atoms with Crippen LogP contribution in [0.2, 0.25) is 0 Å². The fourth-order valence-electron chi connectivity index (χ4n) is 2.36. The highest BCUT2D eigenvalue weighted by Crippen LogP contribution is 2.30. The quantitative estimate of drug-likeness (QED) is 0.582. The van der Waals surface area contributed by atoms with E-state index in [0.29, 0.717) is 0 Å². The van der Waals surface area contributed by atoms with Crippen LogP contribution in [0.25, 0.3) is 0 Å². The van der Waals surface area contributed by atoms with Crippen LogP contribution in [-0.4, -0.2) is 55.2 Å². The number of hydrogen-bond donors (Lipinski definition) is 3. The van der Waals surface area contributed by atoms with Gasteiger partial charge in [-0.2, -0.15) is 0 Å². The van der Waals surface area contributed by atoms with Gasteiger partial charge in [0.2, 0.25) is 5.91 Å². The van der Waals surface area contributed by atoms with E-state index in [-0.39, 0.29) is 18.4 Å². The summed E-state index contributed by atoms with van der Waals surface area (Å²) in [4.78, 5) is 14.0. The number of nitrogens with two attached hydrogens (primary N) is 1. The smallest absolute Gasteiger partial charge is 0.223 e. The van der Waals surface area contributed by atoms with Crippen molar-refractivity contribution in [1.82, 2.24) is 10.2 Å². The van der Waals surface area contributed by atoms with Crippen LogP contribution in [0.5, 0.6) is 0 Å². The second-order valence-electron chi connectivity index (χ2n) is 5.74. The van der Waals surface area contributed by atoms with E-state index < -0.39 is 5.54 Å². The van der Waals surface area contributed by atoms with E-state index in [1.807, 2.05) is 14.1 Å². The summed E-state index contributed by atoms with van der Waals surface area (Å²) in [6.45, 7) is 1.74. The first kappa shape index (κ1) is 15.4. The minimum atomic E-state index is -0.457. The molecule has 4 N–H and O–H groups in total. The molecule has 0 unspecified atom stereocenters. The van der Waals surface area contributed by atoms with Crippen LogP contribution >= 0.6 is 0 Å². The summed E-state index contributed by atoms with van der Waals surface area (Å²) in [6, 6.07) is 0. The third-order valence-corrected chi connectivity index (χ3v) is 3.75. The van der Waals surface area contributed by atoms with E-state index in [0.717, 1.165) is 45.2 Å². The van der Waals surface area contributed by atoms with Gasteiger partial charge in [0.1, 0.15) is 0 Å². The fourth-order valence-corrected chi connectivity index (χ4v) is 2.36. The third kappa shape index (κ3) is 4.92. The van der Waals surface area contributed by atoms with Gasteiger partial charge in [-0.15, -0.1) is 0 Å². The van der Waals surface area contributed by atoms with Crippen molar-refractivity contribution >= 4 is 5.91 Å². The summed E-state index contributed by atoms with van der Waals surface area (Å²) in [5.74, 6) is 0.223. The molecule has 0 aromatic rings. The normalized spacial score (nSPS) is 28.4. The zero-order valence-electron chi connectivity index (χ0n) is 11.6. The molecular formula is C13H27N3O2. The summed E-state index contributed by atoms with van der Waals surface area (Å²) in [7, 11) is 4.05. The minimum absolute atomic E-state index is 0.0180. The zero-order chi connectivity index (χ0) is 13.6. The van der Waals surface area contributed by atoms with Gasteiger partial charge in [-0.3, -0.25) is 4.79 Å². The van der Waals surface area contributed by atoms with Crippen molar-refractivity contribution in [2.24, 2.45) is 11.7 Å². The number of nitrogens with one attached hydrogen (secondary N) is 1. The molecule has 1 fully saturated rings. The van der Waals surface area contributed by atoms with Crippen molar-refractivity contribution in [2.75, 3.05) is 33.8 Å². The monoisotopic (exact) mass is 257 g/mol. The number of hydrogen-bond acceptors (Lipinski definition) is 4.